The first-order valence-corrected chi connectivity index (χ1v) is 11.8. The van der Waals surface area contributed by atoms with Crippen LogP contribution in [0.15, 0.2) is 0 Å². The standard InChI is InChI=1S/C24H40N2O/c1-15-20-7-8-22-19-6-5-17-13-18(25-16(2)27)9-11-23(17,3)21(19)10-12-24(20,22)14-26(15)4/h15,17-22H,5-14H2,1-4H3,(H,25,27)/t15-,17-,18-,19-,20+,21+,22-,23-,24-/m0/s1. The summed E-state index contributed by atoms with van der Waals surface area (Å²) in [6.45, 7) is 8.20. The van der Waals surface area contributed by atoms with E-state index in [1.807, 2.05) is 0 Å². The van der Waals surface area contributed by atoms with E-state index in [-0.39, 0.29) is 5.91 Å². The van der Waals surface area contributed by atoms with Crippen LogP contribution in [-0.2, 0) is 4.79 Å². The lowest BCUT2D eigenvalue weighted by Gasteiger charge is -2.61. The number of carbonyl (C=O) groups is 1. The summed E-state index contributed by atoms with van der Waals surface area (Å²) in [6.07, 6.45) is 12.6. The van der Waals surface area contributed by atoms with Gasteiger partial charge in [-0.2, -0.15) is 0 Å². The molecule has 5 aliphatic rings. The normalized spacial score (nSPS) is 54.6. The summed E-state index contributed by atoms with van der Waals surface area (Å²) in [5, 5.41) is 3.24. The molecule has 5 rings (SSSR count). The van der Waals surface area contributed by atoms with E-state index < -0.39 is 0 Å². The number of hydrogen-bond donors (Lipinski definition) is 1. The number of nitrogens with one attached hydrogen (secondary N) is 1. The summed E-state index contributed by atoms with van der Waals surface area (Å²) < 4.78 is 0. The first-order chi connectivity index (χ1) is 12.8. The Morgan fingerprint density at radius 3 is 2.56 bits per heavy atom. The Hall–Kier alpha value is -0.570. The Labute approximate surface area is 166 Å². The van der Waals surface area contributed by atoms with Gasteiger partial charge in [-0.25, -0.2) is 0 Å². The quantitative estimate of drug-likeness (QED) is 0.737. The van der Waals surface area contributed by atoms with Crippen molar-refractivity contribution in [3.8, 4) is 0 Å². The monoisotopic (exact) mass is 372 g/mol. The highest BCUT2D eigenvalue weighted by molar-refractivity contribution is 5.73. The Morgan fingerprint density at radius 1 is 1.00 bits per heavy atom. The van der Waals surface area contributed by atoms with Crippen LogP contribution in [0.4, 0.5) is 0 Å². The van der Waals surface area contributed by atoms with Crippen molar-refractivity contribution < 1.29 is 4.79 Å². The van der Waals surface area contributed by atoms with E-state index in [4.69, 9.17) is 0 Å². The molecule has 1 heterocycles. The van der Waals surface area contributed by atoms with E-state index in [9.17, 15) is 4.79 Å². The summed E-state index contributed by atoms with van der Waals surface area (Å²) in [4.78, 5) is 14.2. The number of hydrogen-bond acceptors (Lipinski definition) is 2. The molecule has 4 saturated carbocycles. The van der Waals surface area contributed by atoms with E-state index in [2.05, 4.69) is 31.1 Å². The van der Waals surface area contributed by atoms with Crippen molar-refractivity contribution in [2.45, 2.75) is 90.6 Å². The fourth-order valence-electron chi connectivity index (χ4n) is 9.48. The average Bonchev–Trinajstić information content (AvgIpc) is 3.09. The summed E-state index contributed by atoms with van der Waals surface area (Å²) in [5.74, 6) is 4.90. The highest BCUT2D eigenvalue weighted by atomic mass is 16.1. The SMILES string of the molecule is CC(=O)N[C@H]1CC[C@@]2(C)[C@@H](CC[C@H]3[C@H]2CC[C@]24CN(C)[C@@H](C)[C@H]2CC[C@@H]34)C1. The number of amides is 1. The molecule has 1 amide bonds. The van der Waals surface area contributed by atoms with Crippen LogP contribution in [0.2, 0.25) is 0 Å². The largest absolute Gasteiger partial charge is 0.354 e. The van der Waals surface area contributed by atoms with E-state index in [1.165, 1.54) is 64.3 Å². The molecule has 0 aromatic carbocycles. The maximum absolute atomic E-state index is 11.5. The van der Waals surface area contributed by atoms with Crippen LogP contribution in [0.5, 0.6) is 0 Å². The molecule has 1 spiro atoms. The predicted molar refractivity (Wildman–Crippen MR) is 109 cm³/mol. The molecule has 9 atom stereocenters. The van der Waals surface area contributed by atoms with Crippen LogP contribution in [-0.4, -0.2) is 36.5 Å². The summed E-state index contributed by atoms with van der Waals surface area (Å²) >= 11 is 0. The van der Waals surface area contributed by atoms with E-state index >= 15 is 0 Å². The summed E-state index contributed by atoms with van der Waals surface area (Å²) in [7, 11) is 2.38. The zero-order valence-electron chi connectivity index (χ0n) is 18.0. The molecule has 27 heavy (non-hydrogen) atoms. The minimum absolute atomic E-state index is 0.161. The van der Waals surface area contributed by atoms with Crippen molar-refractivity contribution in [2.75, 3.05) is 13.6 Å². The molecule has 0 aromatic heterocycles. The second kappa shape index (κ2) is 6.21. The van der Waals surface area contributed by atoms with Gasteiger partial charge in [0.25, 0.3) is 0 Å². The maximum atomic E-state index is 11.5. The maximum Gasteiger partial charge on any atom is 0.217 e. The molecular formula is C24H40N2O. The third kappa shape index (κ3) is 2.52. The third-order valence-electron chi connectivity index (χ3n) is 10.7. The van der Waals surface area contributed by atoms with Crippen LogP contribution in [0, 0.1) is 40.4 Å². The topological polar surface area (TPSA) is 32.3 Å². The fraction of sp³-hybridized carbons (Fsp3) is 0.958. The van der Waals surface area contributed by atoms with Gasteiger partial charge >= 0.3 is 0 Å². The van der Waals surface area contributed by atoms with E-state index in [0.717, 1.165) is 35.6 Å². The molecule has 0 bridgehead atoms. The average molecular weight is 373 g/mol. The zero-order chi connectivity index (χ0) is 19.0. The Bertz CT molecular complexity index is 620. The van der Waals surface area contributed by atoms with Crippen molar-refractivity contribution in [1.29, 1.82) is 0 Å². The second-order valence-corrected chi connectivity index (χ2v) is 11.4. The lowest BCUT2D eigenvalue weighted by molar-refractivity contribution is -0.125. The minimum atomic E-state index is 0.161. The van der Waals surface area contributed by atoms with Gasteiger partial charge in [0.15, 0.2) is 0 Å². The fourth-order valence-corrected chi connectivity index (χ4v) is 9.48. The van der Waals surface area contributed by atoms with Crippen LogP contribution in [0.3, 0.4) is 0 Å². The lowest BCUT2D eigenvalue weighted by atomic mass is 9.44. The summed E-state index contributed by atoms with van der Waals surface area (Å²) in [5.41, 5.74) is 1.19. The number of likely N-dealkylation sites (tertiary alicyclic amines) is 1. The Balaban J connectivity index is 1.37. The van der Waals surface area contributed by atoms with Gasteiger partial charge in [-0.3, -0.25) is 4.79 Å². The van der Waals surface area contributed by atoms with Crippen LogP contribution in [0.25, 0.3) is 0 Å². The van der Waals surface area contributed by atoms with E-state index in [0.29, 0.717) is 16.9 Å². The van der Waals surface area contributed by atoms with Gasteiger partial charge < -0.3 is 10.2 Å². The molecule has 1 saturated heterocycles. The minimum Gasteiger partial charge on any atom is -0.354 e. The van der Waals surface area contributed by atoms with Crippen molar-refractivity contribution in [1.82, 2.24) is 10.2 Å². The molecule has 152 valence electrons. The van der Waals surface area contributed by atoms with Crippen LogP contribution < -0.4 is 5.32 Å². The molecular weight excluding hydrogens is 332 g/mol. The van der Waals surface area contributed by atoms with Crippen molar-refractivity contribution >= 4 is 5.91 Å². The number of nitrogens with zero attached hydrogens (tertiary/aromatic N) is 1. The first kappa shape index (κ1) is 18.5. The van der Waals surface area contributed by atoms with Gasteiger partial charge in [0.1, 0.15) is 0 Å². The number of rotatable bonds is 1. The van der Waals surface area contributed by atoms with Gasteiger partial charge in [0.2, 0.25) is 5.91 Å². The summed E-state index contributed by atoms with van der Waals surface area (Å²) in [6, 6.07) is 1.24. The molecule has 3 nitrogen and oxygen atoms in total. The van der Waals surface area contributed by atoms with Gasteiger partial charge in [-0.15, -0.1) is 0 Å². The number of fused-ring (bicyclic) bond motifs is 4. The van der Waals surface area contributed by atoms with Crippen molar-refractivity contribution in [3.63, 3.8) is 0 Å². The smallest absolute Gasteiger partial charge is 0.217 e. The first-order valence-electron chi connectivity index (χ1n) is 11.8. The van der Waals surface area contributed by atoms with Crippen molar-refractivity contribution in [2.24, 2.45) is 40.4 Å². The van der Waals surface area contributed by atoms with Gasteiger partial charge in [-0.1, -0.05) is 6.92 Å². The molecule has 0 radical (unpaired) electrons. The predicted octanol–water partition coefficient (Wildman–Crippen LogP) is 4.46. The van der Waals surface area contributed by atoms with Gasteiger partial charge in [0, 0.05) is 25.6 Å². The molecule has 1 N–H and O–H groups in total. The molecule has 4 aliphatic carbocycles. The molecule has 3 heteroatoms. The number of carbonyl (C=O) groups excluding carboxylic acids is 1. The van der Waals surface area contributed by atoms with Crippen molar-refractivity contribution in [3.05, 3.63) is 0 Å². The highest BCUT2D eigenvalue weighted by Gasteiger charge is 2.64. The highest BCUT2D eigenvalue weighted by Crippen LogP contribution is 2.69. The second-order valence-electron chi connectivity index (χ2n) is 11.4. The zero-order valence-corrected chi connectivity index (χ0v) is 18.0. The molecule has 0 aromatic rings. The Kier molecular flexibility index (Phi) is 4.25. The molecule has 5 fully saturated rings. The van der Waals surface area contributed by atoms with Crippen LogP contribution >= 0.6 is 0 Å². The lowest BCUT2D eigenvalue weighted by Crippen LogP contribution is -2.56. The van der Waals surface area contributed by atoms with Gasteiger partial charge in [-0.05, 0) is 112 Å². The van der Waals surface area contributed by atoms with Crippen LogP contribution in [0.1, 0.15) is 78.6 Å². The van der Waals surface area contributed by atoms with Gasteiger partial charge in [0.05, 0.1) is 0 Å². The molecule has 0 unspecified atom stereocenters. The Morgan fingerprint density at radius 2 is 1.78 bits per heavy atom. The third-order valence-corrected chi connectivity index (χ3v) is 10.7. The van der Waals surface area contributed by atoms with E-state index in [1.54, 1.807) is 6.92 Å². The molecule has 1 aliphatic heterocycles.